The average molecular weight is 242 g/mol. The molecule has 0 aromatic carbocycles. The number of rotatable bonds is 3. The number of carbonyl (C=O) groups is 1. The molecule has 5 heteroatoms. The van der Waals surface area contributed by atoms with E-state index in [9.17, 15) is 4.79 Å². The minimum absolute atomic E-state index is 0.212. The quantitative estimate of drug-likeness (QED) is 0.753. The van der Waals surface area contributed by atoms with Gasteiger partial charge >= 0.3 is 5.97 Å². The molecule has 17 heavy (non-hydrogen) atoms. The molecule has 1 N–H and O–H groups in total. The van der Waals surface area contributed by atoms with Crippen molar-refractivity contribution in [2.45, 2.75) is 13.0 Å². The molecule has 0 aromatic rings. The standard InChI is InChI=1S/C12H22N2O3/c1-9-5-14(8-11(9)12(15)16)7-10-6-13(2)3-4-17-10/h9-11H,3-8H2,1-2H3,(H,15,16). The summed E-state index contributed by atoms with van der Waals surface area (Å²) in [4.78, 5) is 15.5. The van der Waals surface area contributed by atoms with Crippen LogP contribution in [0, 0.1) is 11.8 Å². The van der Waals surface area contributed by atoms with E-state index in [0.717, 1.165) is 32.8 Å². The number of carboxylic acid groups (broad SMARTS) is 1. The van der Waals surface area contributed by atoms with Crippen molar-refractivity contribution in [2.75, 3.05) is 46.4 Å². The summed E-state index contributed by atoms with van der Waals surface area (Å²) in [6, 6.07) is 0. The van der Waals surface area contributed by atoms with Crippen molar-refractivity contribution in [1.29, 1.82) is 0 Å². The number of hydrogen-bond acceptors (Lipinski definition) is 4. The summed E-state index contributed by atoms with van der Waals surface area (Å²) in [6.07, 6.45) is 0.230. The second-order valence-electron chi connectivity index (χ2n) is 5.40. The molecule has 2 aliphatic heterocycles. The van der Waals surface area contributed by atoms with Crippen LogP contribution in [0.4, 0.5) is 0 Å². The zero-order valence-electron chi connectivity index (χ0n) is 10.6. The van der Waals surface area contributed by atoms with Gasteiger partial charge < -0.3 is 14.7 Å². The van der Waals surface area contributed by atoms with Crippen LogP contribution in [0.15, 0.2) is 0 Å². The molecule has 0 radical (unpaired) electrons. The van der Waals surface area contributed by atoms with Gasteiger partial charge in [-0.15, -0.1) is 0 Å². The summed E-state index contributed by atoms with van der Waals surface area (Å²) < 4.78 is 5.71. The molecule has 0 aliphatic carbocycles. The van der Waals surface area contributed by atoms with Crippen molar-refractivity contribution in [3.63, 3.8) is 0 Å². The largest absolute Gasteiger partial charge is 0.481 e. The lowest BCUT2D eigenvalue weighted by Gasteiger charge is -2.32. The van der Waals surface area contributed by atoms with Crippen molar-refractivity contribution in [3.05, 3.63) is 0 Å². The molecule has 2 aliphatic rings. The fourth-order valence-corrected chi connectivity index (χ4v) is 2.80. The molecule has 5 nitrogen and oxygen atoms in total. The molecule has 0 spiro atoms. The SMILES string of the molecule is CC1CN(CC2CN(C)CCO2)CC1C(=O)O. The van der Waals surface area contributed by atoms with E-state index in [4.69, 9.17) is 9.84 Å². The van der Waals surface area contributed by atoms with Crippen molar-refractivity contribution in [3.8, 4) is 0 Å². The smallest absolute Gasteiger partial charge is 0.308 e. The fraction of sp³-hybridized carbons (Fsp3) is 0.917. The summed E-state index contributed by atoms with van der Waals surface area (Å²) >= 11 is 0. The molecule has 3 unspecified atom stereocenters. The van der Waals surface area contributed by atoms with Crippen molar-refractivity contribution < 1.29 is 14.6 Å². The van der Waals surface area contributed by atoms with Crippen LogP contribution in [-0.4, -0.2) is 73.4 Å². The zero-order chi connectivity index (χ0) is 12.4. The lowest BCUT2D eigenvalue weighted by atomic mass is 9.99. The first-order valence-electron chi connectivity index (χ1n) is 6.31. The number of aliphatic carboxylic acids is 1. The van der Waals surface area contributed by atoms with Gasteiger partial charge in [-0.25, -0.2) is 0 Å². The van der Waals surface area contributed by atoms with Crippen LogP contribution >= 0.6 is 0 Å². The maximum Gasteiger partial charge on any atom is 0.308 e. The summed E-state index contributed by atoms with van der Waals surface area (Å²) in [7, 11) is 2.10. The summed E-state index contributed by atoms with van der Waals surface area (Å²) in [6.45, 7) is 7.14. The molecule has 2 heterocycles. The first kappa shape index (κ1) is 12.8. The Morgan fingerprint density at radius 1 is 1.41 bits per heavy atom. The van der Waals surface area contributed by atoms with Crippen molar-refractivity contribution in [2.24, 2.45) is 11.8 Å². The molecule has 0 amide bonds. The van der Waals surface area contributed by atoms with E-state index in [-0.39, 0.29) is 17.9 Å². The molecular weight excluding hydrogens is 220 g/mol. The van der Waals surface area contributed by atoms with Gasteiger partial charge in [-0.05, 0) is 13.0 Å². The Labute approximate surface area is 102 Å². The van der Waals surface area contributed by atoms with Crippen molar-refractivity contribution >= 4 is 5.97 Å². The molecule has 3 atom stereocenters. The summed E-state index contributed by atoms with van der Waals surface area (Å²) in [5.41, 5.74) is 0. The first-order valence-corrected chi connectivity index (χ1v) is 6.31. The maximum atomic E-state index is 11.0. The highest BCUT2D eigenvalue weighted by Crippen LogP contribution is 2.23. The van der Waals surface area contributed by atoms with Crippen molar-refractivity contribution in [1.82, 2.24) is 9.80 Å². The van der Waals surface area contributed by atoms with Gasteiger partial charge in [0.1, 0.15) is 0 Å². The molecule has 2 rings (SSSR count). The molecular formula is C12H22N2O3. The predicted molar refractivity (Wildman–Crippen MR) is 64.0 cm³/mol. The van der Waals surface area contributed by atoms with Crippen LogP contribution in [0.3, 0.4) is 0 Å². The number of hydrogen-bond donors (Lipinski definition) is 1. The number of carboxylic acids is 1. The van der Waals surface area contributed by atoms with Gasteiger partial charge in [-0.1, -0.05) is 6.92 Å². The molecule has 0 saturated carbocycles. The van der Waals surface area contributed by atoms with Gasteiger partial charge in [-0.2, -0.15) is 0 Å². The van der Waals surface area contributed by atoms with E-state index < -0.39 is 5.97 Å². The van der Waals surface area contributed by atoms with E-state index in [1.165, 1.54) is 0 Å². The van der Waals surface area contributed by atoms with Crippen LogP contribution < -0.4 is 0 Å². The summed E-state index contributed by atoms with van der Waals surface area (Å²) in [5, 5.41) is 9.08. The maximum absolute atomic E-state index is 11.0. The van der Waals surface area contributed by atoms with E-state index in [1.54, 1.807) is 0 Å². The van der Waals surface area contributed by atoms with Gasteiger partial charge in [0.2, 0.25) is 0 Å². The molecule has 0 aromatic heterocycles. The molecule has 0 bridgehead atoms. The molecule has 2 fully saturated rings. The number of ether oxygens (including phenoxy) is 1. The van der Waals surface area contributed by atoms with E-state index >= 15 is 0 Å². The van der Waals surface area contributed by atoms with Gasteiger partial charge in [0, 0.05) is 32.7 Å². The Bertz CT molecular complexity index is 285. The minimum atomic E-state index is -0.665. The van der Waals surface area contributed by atoms with Gasteiger partial charge in [-0.3, -0.25) is 9.69 Å². The van der Waals surface area contributed by atoms with Crippen LogP contribution in [0.25, 0.3) is 0 Å². The highest BCUT2D eigenvalue weighted by Gasteiger charge is 2.35. The third-order valence-electron chi connectivity index (χ3n) is 3.81. The normalized spacial score (nSPS) is 36.2. The number of likely N-dealkylation sites (tertiary alicyclic amines) is 1. The number of nitrogens with zero attached hydrogens (tertiary/aromatic N) is 2. The van der Waals surface area contributed by atoms with Gasteiger partial charge in [0.15, 0.2) is 0 Å². The Kier molecular flexibility index (Phi) is 4.01. The van der Waals surface area contributed by atoms with Crippen LogP contribution in [0.1, 0.15) is 6.92 Å². The topological polar surface area (TPSA) is 53.0 Å². The Balaban J connectivity index is 1.82. The lowest BCUT2D eigenvalue weighted by Crippen LogP contribution is -2.45. The highest BCUT2D eigenvalue weighted by molar-refractivity contribution is 5.71. The zero-order valence-corrected chi connectivity index (χ0v) is 10.6. The average Bonchev–Trinajstić information content (AvgIpc) is 2.59. The Hall–Kier alpha value is -0.650. The second-order valence-corrected chi connectivity index (χ2v) is 5.40. The third kappa shape index (κ3) is 3.18. The monoisotopic (exact) mass is 242 g/mol. The number of morpholine rings is 1. The lowest BCUT2D eigenvalue weighted by molar-refractivity contribution is -0.142. The molecule has 98 valence electrons. The highest BCUT2D eigenvalue weighted by atomic mass is 16.5. The van der Waals surface area contributed by atoms with Crippen LogP contribution in [-0.2, 0) is 9.53 Å². The Morgan fingerprint density at radius 3 is 2.76 bits per heavy atom. The van der Waals surface area contributed by atoms with E-state index in [0.29, 0.717) is 6.54 Å². The second kappa shape index (κ2) is 5.33. The van der Waals surface area contributed by atoms with Crippen LogP contribution in [0.5, 0.6) is 0 Å². The minimum Gasteiger partial charge on any atom is -0.481 e. The van der Waals surface area contributed by atoms with E-state index in [1.807, 2.05) is 6.92 Å². The first-order chi connectivity index (χ1) is 8.06. The van der Waals surface area contributed by atoms with Crippen LogP contribution in [0.2, 0.25) is 0 Å². The summed E-state index contributed by atoms with van der Waals surface area (Å²) in [5.74, 6) is -0.633. The number of likely N-dealkylation sites (N-methyl/N-ethyl adjacent to an activating group) is 1. The fourth-order valence-electron chi connectivity index (χ4n) is 2.80. The van der Waals surface area contributed by atoms with E-state index in [2.05, 4.69) is 16.8 Å². The van der Waals surface area contributed by atoms with Gasteiger partial charge in [0.05, 0.1) is 18.6 Å². The predicted octanol–water partition coefficient (Wildman–Crippen LogP) is -0.0305. The third-order valence-corrected chi connectivity index (χ3v) is 3.81. The van der Waals surface area contributed by atoms with Gasteiger partial charge in [0.25, 0.3) is 0 Å². The Morgan fingerprint density at radius 2 is 2.18 bits per heavy atom. The molecule has 2 saturated heterocycles.